The number of piperidine rings is 1. The Morgan fingerprint density at radius 3 is 2.58 bits per heavy atom. The Morgan fingerprint density at radius 1 is 1.14 bits per heavy atom. The van der Waals surface area contributed by atoms with Gasteiger partial charge in [0, 0.05) is 41.7 Å². The number of hydrogen-bond acceptors (Lipinski definition) is 3. The van der Waals surface area contributed by atoms with Crippen LogP contribution in [0.4, 0.5) is 5.69 Å². The number of likely N-dealkylation sites (tertiary alicyclic amines) is 1. The topological polar surface area (TPSA) is 86.7 Å². The van der Waals surface area contributed by atoms with Crippen LogP contribution in [0.2, 0.25) is 5.02 Å². The number of fused-ring (bicyclic) bond motifs is 5. The van der Waals surface area contributed by atoms with Gasteiger partial charge in [0.15, 0.2) is 0 Å². The van der Waals surface area contributed by atoms with Crippen molar-refractivity contribution >= 4 is 46.7 Å². The standard InChI is InChI=1S/C28H34Cl2N2O4/c1-27-10-8-20-18(14-22(30)25-28(20,2)11-9-24(34)32(25)3)19(27)7-4-15(27)12-23(33)31-16-5-6-17(26(35)36)21(29)13-16/h5-6,13,15,18-20H,4,7-12,14H2,1-3H3,(H,31,33)(H,35,36)/t15-,18?,19+,20?,27-,28-/m1/s1. The van der Waals surface area contributed by atoms with Crippen molar-refractivity contribution in [1.82, 2.24) is 4.90 Å². The van der Waals surface area contributed by atoms with Crippen LogP contribution in [0.15, 0.2) is 28.9 Å². The van der Waals surface area contributed by atoms with E-state index in [1.54, 1.807) is 6.07 Å². The lowest BCUT2D eigenvalue weighted by molar-refractivity contribution is -0.136. The number of nitrogens with one attached hydrogen (secondary N) is 1. The number of carboxylic acids is 1. The van der Waals surface area contributed by atoms with Crippen molar-refractivity contribution in [2.45, 2.75) is 65.2 Å². The fourth-order valence-corrected chi connectivity index (χ4v) is 9.11. The molecule has 0 bridgehead atoms. The van der Waals surface area contributed by atoms with Crippen molar-refractivity contribution in [3.8, 4) is 0 Å². The summed E-state index contributed by atoms with van der Waals surface area (Å²) in [6, 6.07) is 4.49. The Morgan fingerprint density at radius 2 is 1.89 bits per heavy atom. The Bertz CT molecular complexity index is 1170. The molecule has 2 saturated carbocycles. The number of halogens is 2. The van der Waals surface area contributed by atoms with Gasteiger partial charge in [0.1, 0.15) is 0 Å². The maximum absolute atomic E-state index is 13.0. The highest BCUT2D eigenvalue weighted by Crippen LogP contribution is 2.67. The number of carbonyl (C=O) groups is 3. The van der Waals surface area contributed by atoms with E-state index in [1.165, 1.54) is 12.1 Å². The number of rotatable bonds is 4. The SMILES string of the molecule is CN1C(=O)CC[C@@]2(C)C1=C(Cl)CC1C2CC[C@]2(C)[C@@H](CC(=O)Nc3ccc(C(=O)O)c(Cl)c3)CC[C@@H]12. The van der Waals surface area contributed by atoms with Crippen molar-refractivity contribution in [2.24, 2.45) is 34.5 Å². The largest absolute Gasteiger partial charge is 0.478 e. The molecule has 2 unspecified atom stereocenters. The second-order valence-corrected chi connectivity index (χ2v) is 12.6. The molecule has 5 rings (SSSR count). The van der Waals surface area contributed by atoms with E-state index >= 15 is 0 Å². The highest BCUT2D eigenvalue weighted by atomic mass is 35.5. The molecule has 6 nitrogen and oxygen atoms in total. The predicted octanol–water partition coefficient (Wildman–Crippen LogP) is 6.54. The number of benzene rings is 1. The summed E-state index contributed by atoms with van der Waals surface area (Å²) in [5.74, 6) is 0.770. The normalized spacial score (nSPS) is 35.7. The number of nitrogens with zero attached hydrogens (tertiary/aromatic N) is 1. The van der Waals surface area contributed by atoms with E-state index in [1.807, 2.05) is 11.9 Å². The van der Waals surface area contributed by atoms with E-state index in [4.69, 9.17) is 28.3 Å². The zero-order valence-electron chi connectivity index (χ0n) is 21.1. The first-order chi connectivity index (χ1) is 17.0. The minimum absolute atomic E-state index is 0.0168. The Balaban J connectivity index is 1.32. The quantitative estimate of drug-likeness (QED) is 0.460. The predicted molar refractivity (Wildman–Crippen MR) is 140 cm³/mol. The molecule has 6 atom stereocenters. The molecule has 0 aromatic heterocycles. The van der Waals surface area contributed by atoms with Crippen molar-refractivity contribution in [3.63, 3.8) is 0 Å². The van der Waals surface area contributed by atoms with Gasteiger partial charge in [-0.1, -0.05) is 37.0 Å². The highest BCUT2D eigenvalue weighted by Gasteiger charge is 2.60. The summed E-state index contributed by atoms with van der Waals surface area (Å²) in [4.78, 5) is 38.5. The van der Waals surface area contributed by atoms with Gasteiger partial charge in [-0.25, -0.2) is 4.79 Å². The van der Waals surface area contributed by atoms with Crippen LogP contribution in [0.25, 0.3) is 0 Å². The zero-order valence-corrected chi connectivity index (χ0v) is 22.6. The van der Waals surface area contributed by atoms with Gasteiger partial charge in [0.25, 0.3) is 0 Å². The minimum Gasteiger partial charge on any atom is -0.478 e. The lowest BCUT2D eigenvalue weighted by Crippen LogP contribution is -2.54. The van der Waals surface area contributed by atoms with Gasteiger partial charge in [0.05, 0.1) is 10.6 Å². The van der Waals surface area contributed by atoms with Gasteiger partial charge in [-0.3, -0.25) is 9.59 Å². The first-order valence-electron chi connectivity index (χ1n) is 12.9. The van der Waals surface area contributed by atoms with E-state index in [2.05, 4.69) is 19.2 Å². The molecule has 1 saturated heterocycles. The lowest BCUT2D eigenvalue weighted by atomic mass is 9.49. The van der Waals surface area contributed by atoms with Crippen LogP contribution in [0.5, 0.6) is 0 Å². The molecule has 1 aromatic rings. The summed E-state index contributed by atoms with van der Waals surface area (Å²) in [5, 5.41) is 13.0. The van der Waals surface area contributed by atoms with Gasteiger partial charge >= 0.3 is 5.97 Å². The summed E-state index contributed by atoms with van der Waals surface area (Å²) in [5.41, 5.74) is 1.58. The monoisotopic (exact) mass is 532 g/mol. The third-order valence-corrected chi connectivity index (χ3v) is 10.8. The average molecular weight is 533 g/mol. The minimum atomic E-state index is -1.09. The molecule has 194 valence electrons. The first kappa shape index (κ1) is 25.6. The molecule has 8 heteroatoms. The average Bonchev–Trinajstić information content (AvgIpc) is 3.12. The molecule has 3 aliphatic carbocycles. The van der Waals surface area contributed by atoms with Crippen LogP contribution >= 0.6 is 23.2 Å². The third kappa shape index (κ3) is 3.96. The molecule has 0 radical (unpaired) electrons. The molecule has 2 N–H and O–H groups in total. The van der Waals surface area contributed by atoms with Gasteiger partial charge in [0.2, 0.25) is 11.8 Å². The first-order valence-corrected chi connectivity index (χ1v) is 13.7. The zero-order chi connectivity index (χ0) is 26.0. The molecule has 3 fully saturated rings. The van der Waals surface area contributed by atoms with E-state index < -0.39 is 5.97 Å². The molecule has 0 spiro atoms. The highest BCUT2D eigenvalue weighted by molar-refractivity contribution is 6.33. The number of carbonyl (C=O) groups excluding carboxylic acids is 2. The second kappa shape index (κ2) is 9.05. The third-order valence-electron chi connectivity index (χ3n) is 10.1. The lowest BCUT2D eigenvalue weighted by Gasteiger charge is -2.59. The van der Waals surface area contributed by atoms with Crippen molar-refractivity contribution < 1.29 is 19.5 Å². The van der Waals surface area contributed by atoms with E-state index in [-0.39, 0.29) is 39.1 Å². The fourth-order valence-electron chi connectivity index (χ4n) is 8.33. The molecule has 1 heterocycles. The second-order valence-electron chi connectivity index (χ2n) is 11.8. The maximum Gasteiger partial charge on any atom is 0.337 e. The Hall–Kier alpha value is -2.05. The van der Waals surface area contributed by atoms with Crippen molar-refractivity contribution in [2.75, 3.05) is 12.4 Å². The summed E-state index contributed by atoms with van der Waals surface area (Å²) < 4.78 is 0. The van der Waals surface area contributed by atoms with Gasteiger partial charge in [-0.15, -0.1) is 0 Å². The number of aromatic carboxylic acids is 1. The summed E-state index contributed by atoms with van der Waals surface area (Å²) in [6.45, 7) is 4.68. The summed E-state index contributed by atoms with van der Waals surface area (Å²) in [7, 11) is 1.87. The number of carboxylic acid groups (broad SMARTS) is 1. The Labute approximate surface area is 222 Å². The molecular formula is C28H34Cl2N2O4. The molecule has 1 aromatic carbocycles. The van der Waals surface area contributed by atoms with E-state index in [9.17, 15) is 14.4 Å². The van der Waals surface area contributed by atoms with Crippen LogP contribution in [0.1, 0.15) is 75.6 Å². The number of amides is 2. The number of anilines is 1. The molecule has 1 aliphatic heterocycles. The van der Waals surface area contributed by atoms with Crippen LogP contribution in [0, 0.1) is 34.5 Å². The smallest absolute Gasteiger partial charge is 0.337 e. The summed E-state index contributed by atoms with van der Waals surface area (Å²) >= 11 is 13.0. The molecular weight excluding hydrogens is 499 g/mol. The van der Waals surface area contributed by atoms with Crippen molar-refractivity contribution in [3.05, 3.63) is 39.5 Å². The molecule has 36 heavy (non-hydrogen) atoms. The van der Waals surface area contributed by atoms with Crippen LogP contribution in [0.3, 0.4) is 0 Å². The molecule has 4 aliphatic rings. The van der Waals surface area contributed by atoms with E-state index in [0.29, 0.717) is 36.3 Å². The van der Waals surface area contributed by atoms with Gasteiger partial charge < -0.3 is 15.3 Å². The Kier molecular flexibility index (Phi) is 6.44. The van der Waals surface area contributed by atoms with Crippen LogP contribution in [-0.4, -0.2) is 34.8 Å². The fraction of sp³-hybridized carbons (Fsp3) is 0.607. The molecule has 2 amide bonds. The number of allylic oxidation sites excluding steroid dienone is 2. The number of hydrogen-bond donors (Lipinski definition) is 2. The maximum atomic E-state index is 13.0. The van der Waals surface area contributed by atoms with E-state index in [0.717, 1.165) is 49.3 Å². The van der Waals surface area contributed by atoms with Crippen LogP contribution in [-0.2, 0) is 9.59 Å². The van der Waals surface area contributed by atoms with Crippen molar-refractivity contribution in [1.29, 1.82) is 0 Å². The summed E-state index contributed by atoms with van der Waals surface area (Å²) in [6.07, 6.45) is 6.98. The van der Waals surface area contributed by atoms with Gasteiger partial charge in [-0.05, 0) is 85.8 Å². The van der Waals surface area contributed by atoms with Crippen LogP contribution < -0.4 is 5.32 Å². The van der Waals surface area contributed by atoms with Gasteiger partial charge in [-0.2, -0.15) is 0 Å².